The largest absolute Gasteiger partial charge is 0.389 e. The van der Waals surface area contributed by atoms with Crippen molar-refractivity contribution in [2.24, 2.45) is 0 Å². The van der Waals surface area contributed by atoms with Crippen LogP contribution in [-0.4, -0.2) is 50.8 Å². The topological polar surface area (TPSA) is 58.4 Å². The predicted octanol–water partition coefficient (Wildman–Crippen LogP) is -0.134. The zero-order valence-corrected chi connectivity index (χ0v) is 8.84. The Morgan fingerprint density at radius 2 is 2.40 bits per heavy atom. The SMILES string of the molecule is O=C(CCl)N1C[C@H](O)[C@@H](n2cccn2)C1. The molecule has 1 amide bonds. The highest BCUT2D eigenvalue weighted by atomic mass is 35.5. The molecule has 1 aromatic rings. The van der Waals surface area contributed by atoms with Crippen LogP contribution in [0.5, 0.6) is 0 Å². The van der Waals surface area contributed by atoms with Crippen molar-refractivity contribution >= 4 is 17.5 Å². The van der Waals surface area contributed by atoms with Crippen LogP contribution in [0, 0.1) is 0 Å². The van der Waals surface area contributed by atoms with Crippen molar-refractivity contribution in [3.63, 3.8) is 0 Å². The maximum absolute atomic E-state index is 11.3. The van der Waals surface area contributed by atoms with Gasteiger partial charge in [-0.1, -0.05) is 0 Å². The highest BCUT2D eigenvalue weighted by molar-refractivity contribution is 6.27. The van der Waals surface area contributed by atoms with Crippen LogP contribution in [0.1, 0.15) is 6.04 Å². The molecule has 2 atom stereocenters. The monoisotopic (exact) mass is 229 g/mol. The van der Waals surface area contributed by atoms with Crippen molar-refractivity contribution < 1.29 is 9.90 Å². The Morgan fingerprint density at radius 3 is 3.00 bits per heavy atom. The summed E-state index contributed by atoms with van der Waals surface area (Å²) in [5, 5.41) is 13.8. The van der Waals surface area contributed by atoms with E-state index in [1.165, 1.54) is 0 Å². The van der Waals surface area contributed by atoms with Gasteiger partial charge in [0.15, 0.2) is 0 Å². The van der Waals surface area contributed by atoms with Crippen LogP contribution in [0.15, 0.2) is 18.5 Å². The third-order valence-electron chi connectivity index (χ3n) is 2.59. The third kappa shape index (κ3) is 1.98. The van der Waals surface area contributed by atoms with E-state index in [-0.39, 0.29) is 17.8 Å². The van der Waals surface area contributed by atoms with Crippen molar-refractivity contribution in [2.75, 3.05) is 19.0 Å². The molecule has 0 unspecified atom stereocenters. The van der Waals surface area contributed by atoms with E-state index < -0.39 is 6.10 Å². The van der Waals surface area contributed by atoms with Crippen LogP contribution in [0.3, 0.4) is 0 Å². The molecule has 1 saturated heterocycles. The van der Waals surface area contributed by atoms with Crippen LogP contribution in [0.4, 0.5) is 0 Å². The number of likely N-dealkylation sites (tertiary alicyclic amines) is 1. The molecule has 82 valence electrons. The average Bonchev–Trinajstić information content (AvgIpc) is 2.84. The minimum atomic E-state index is -0.572. The van der Waals surface area contributed by atoms with Crippen molar-refractivity contribution in [3.8, 4) is 0 Å². The number of nitrogens with zero attached hydrogens (tertiary/aromatic N) is 3. The number of β-amino-alcohol motifs (C(OH)–C–C–N with tert-alkyl or cyclic N) is 1. The second-order valence-corrected chi connectivity index (χ2v) is 3.82. The number of alkyl halides is 1. The molecule has 1 aliphatic rings. The minimum absolute atomic E-state index is 0.0431. The van der Waals surface area contributed by atoms with Crippen molar-refractivity contribution in [1.29, 1.82) is 0 Å². The molecule has 1 fully saturated rings. The number of carbonyl (C=O) groups excluding carboxylic acids is 1. The first kappa shape index (κ1) is 10.4. The molecule has 1 aromatic heterocycles. The van der Waals surface area contributed by atoms with Crippen LogP contribution in [-0.2, 0) is 4.79 Å². The van der Waals surface area contributed by atoms with Crippen LogP contribution < -0.4 is 0 Å². The summed E-state index contributed by atoms with van der Waals surface area (Å²) in [6.07, 6.45) is 2.86. The molecule has 0 spiro atoms. The summed E-state index contributed by atoms with van der Waals surface area (Å²) < 4.78 is 1.67. The van der Waals surface area contributed by atoms with E-state index in [4.69, 9.17) is 11.6 Å². The number of halogens is 1. The normalized spacial score (nSPS) is 25.9. The van der Waals surface area contributed by atoms with Crippen LogP contribution >= 0.6 is 11.6 Å². The third-order valence-corrected chi connectivity index (χ3v) is 2.82. The van der Waals surface area contributed by atoms with Gasteiger partial charge in [-0.15, -0.1) is 11.6 Å². The number of rotatable bonds is 2. The van der Waals surface area contributed by atoms with E-state index in [9.17, 15) is 9.90 Å². The zero-order chi connectivity index (χ0) is 10.8. The molecular weight excluding hydrogens is 218 g/mol. The summed E-state index contributed by atoms with van der Waals surface area (Å²) in [7, 11) is 0. The van der Waals surface area contributed by atoms with Crippen LogP contribution in [0.25, 0.3) is 0 Å². The Morgan fingerprint density at radius 1 is 1.60 bits per heavy atom. The molecule has 0 radical (unpaired) electrons. The predicted molar refractivity (Wildman–Crippen MR) is 54.6 cm³/mol. The number of aromatic nitrogens is 2. The lowest BCUT2D eigenvalue weighted by Gasteiger charge is -2.14. The Labute approximate surface area is 92.2 Å². The lowest BCUT2D eigenvalue weighted by molar-refractivity contribution is -0.127. The highest BCUT2D eigenvalue weighted by Gasteiger charge is 2.34. The first-order chi connectivity index (χ1) is 7.22. The fourth-order valence-corrected chi connectivity index (χ4v) is 1.96. The van der Waals surface area contributed by atoms with E-state index in [0.717, 1.165) is 0 Å². The van der Waals surface area contributed by atoms with E-state index >= 15 is 0 Å². The average molecular weight is 230 g/mol. The number of carbonyl (C=O) groups is 1. The molecule has 15 heavy (non-hydrogen) atoms. The molecule has 1 aliphatic heterocycles. The summed E-state index contributed by atoms with van der Waals surface area (Å²) in [5.74, 6) is -0.191. The summed E-state index contributed by atoms with van der Waals surface area (Å²) in [4.78, 5) is 12.9. The van der Waals surface area contributed by atoms with Crippen molar-refractivity contribution in [3.05, 3.63) is 18.5 Å². The molecule has 0 bridgehead atoms. The van der Waals surface area contributed by atoms with Gasteiger partial charge in [-0.05, 0) is 6.07 Å². The Hall–Kier alpha value is -1.07. The van der Waals surface area contributed by atoms with Gasteiger partial charge in [0, 0.05) is 25.5 Å². The van der Waals surface area contributed by atoms with Gasteiger partial charge in [-0.3, -0.25) is 9.48 Å². The number of hydrogen-bond donors (Lipinski definition) is 1. The van der Waals surface area contributed by atoms with Gasteiger partial charge in [0.05, 0.1) is 12.1 Å². The minimum Gasteiger partial charge on any atom is -0.389 e. The molecule has 0 aliphatic carbocycles. The lowest BCUT2D eigenvalue weighted by Crippen LogP contribution is -2.30. The van der Waals surface area contributed by atoms with Gasteiger partial charge >= 0.3 is 0 Å². The second kappa shape index (κ2) is 4.20. The Balaban J connectivity index is 2.08. The fourth-order valence-electron chi connectivity index (χ4n) is 1.79. The van der Waals surface area contributed by atoms with Gasteiger partial charge in [0.1, 0.15) is 5.88 Å². The first-order valence-electron chi connectivity index (χ1n) is 4.73. The highest BCUT2D eigenvalue weighted by Crippen LogP contribution is 2.21. The van der Waals surface area contributed by atoms with Gasteiger partial charge in [-0.2, -0.15) is 5.10 Å². The number of amides is 1. The van der Waals surface area contributed by atoms with E-state index in [2.05, 4.69) is 5.10 Å². The summed E-state index contributed by atoms with van der Waals surface area (Å²) in [6, 6.07) is 1.63. The standard InChI is InChI=1S/C9H12ClN3O2/c10-4-9(15)12-5-7(8(14)6-12)13-3-1-2-11-13/h1-3,7-8,14H,4-6H2/t7-,8-/m0/s1. The molecule has 2 heterocycles. The molecule has 1 N–H and O–H groups in total. The van der Waals surface area contributed by atoms with Gasteiger partial charge in [0.2, 0.25) is 5.91 Å². The smallest absolute Gasteiger partial charge is 0.237 e. The van der Waals surface area contributed by atoms with Crippen molar-refractivity contribution in [1.82, 2.24) is 14.7 Å². The molecular formula is C9H12ClN3O2. The number of hydrogen-bond acceptors (Lipinski definition) is 3. The van der Waals surface area contributed by atoms with Crippen molar-refractivity contribution in [2.45, 2.75) is 12.1 Å². The summed E-state index contributed by atoms with van der Waals surface area (Å²) in [5.41, 5.74) is 0. The summed E-state index contributed by atoms with van der Waals surface area (Å²) in [6.45, 7) is 0.796. The van der Waals surface area contributed by atoms with E-state index in [1.54, 1.807) is 28.0 Å². The van der Waals surface area contributed by atoms with Crippen LogP contribution in [0.2, 0.25) is 0 Å². The maximum Gasteiger partial charge on any atom is 0.237 e. The molecule has 5 nitrogen and oxygen atoms in total. The van der Waals surface area contributed by atoms with Gasteiger partial charge in [-0.25, -0.2) is 0 Å². The number of aliphatic hydroxyl groups is 1. The molecule has 0 aromatic carbocycles. The van der Waals surface area contributed by atoms with Gasteiger partial charge in [0.25, 0.3) is 0 Å². The fraction of sp³-hybridized carbons (Fsp3) is 0.556. The Kier molecular flexibility index (Phi) is 2.93. The second-order valence-electron chi connectivity index (χ2n) is 3.55. The van der Waals surface area contributed by atoms with Gasteiger partial charge < -0.3 is 10.0 Å². The quantitative estimate of drug-likeness (QED) is 0.719. The van der Waals surface area contributed by atoms with E-state index in [0.29, 0.717) is 13.1 Å². The molecule has 0 saturated carbocycles. The lowest BCUT2D eigenvalue weighted by atomic mass is 10.2. The Bertz CT molecular complexity index is 341. The number of aliphatic hydroxyl groups excluding tert-OH is 1. The maximum atomic E-state index is 11.3. The van der Waals surface area contributed by atoms with E-state index in [1.807, 2.05) is 0 Å². The zero-order valence-electron chi connectivity index (χ0n) is 8.08. The first-order valence-corrected chi connectivity index (χ1v) is 5.26. The molecule has 2 rings (SSSR count). The summed E-state index contributed by atoms with van der Waals surface area (Å²) >= 11 is 5.46. The molecule has 6 heteroatoms.